The van der Waals surface area contributed by atoms with E-state index in [4.69, 9.17) is 9.47 Å². The fourth-order valence-electron chi connectivity index (χ4n) is 4.84. The normalized spacial score (nSPS) is 34.4. The maximum absolute atomic E-state index is 12.1. The first-order valence-electron chi connectivity index (χ1n) is 9.66. The van der Waals surface area contributed by atoms with Crippen LogP contribution in [0.5, 0.6) is 0 Å². The van der Waals surface area contributed by atoms with Gasteiger partial charge in [0.25, 0.3) is 0 Å². The molecule has 1 aromatic carbocycles. The van der Waals surface area contributed by atoms with E-state index in [1.165, 1.54) is 7.11 Å². The molecule has 1 heterocycles. The molecule has 0 amide bonds. The Hall–Kier alpha value is -2.81. The van der Waals surface area contributed by atoms with Gasteiger partial charge in [0, 0.05) is 5.92 Å². The van der Waals surface area contributed by atoms with E-state index in [0.717, 1.165) is 5.57 Å². The maximum Gasteiger partial charge on any atom is 0.176 e. The molecule has 3 rings (SSSR count). The first-order valence-corrected chi connectivity index (χ1v) is 9.66. The van der Waals surface area contributed by atoms with Crippen molar-refractivity contribution in [2.24, 2.45) is 5.92 Å². The fourth-order valence-corrected chi connectivity index (χ4v) is 4.84. The Balaban J connectivity index is 2.40. The molecule has 0 bridgehead atoms. The van der Waals surface area contributed by atoms with Gasteiger partial charge in [0.15, 0.2) is 11.2 Å². The largest absolute Gasteiger partial charge is 0.501 e. The number of allylic oxidation sites excluding steroid dienone is 4. The lowest BCUT2D eigenvalue weighted by Gasteiger charge is -2.40. The van der Waals surface area contributed by atoms with Crippen LogP contribution in [-0.2, 0) is 15.1 Å². The molecule has 1 saturated carbocycles. The first-order chi connectivity index (χ1) is 13.8. The Morgan fingerprint density at radius 1 is 1.34 bits per heavy atom. The van der Waals surface area contributed by atoms with Gasteiger partial charge in [-0.2, -0.15) is 5.26 Å². The van der Waals surface area contributed by atoms with Crippen LogP contribution in [0.25, 0.3) is 0 Å². The molecule has 1 aliphatic heterocycles. The summed E-state index contributed by atoms with van der Waals surface area (Å²) in [5.41, 5.74) is -0.511. The van der Waals surface area contributed by atoms with Crippen LogP contribution in [0.4, 0.5) is 0 Å². The summed E-state index contributed by atoms with van der Waals surface area (Å²) in [6.07, 6.45) is 4.63. The summed E-state index contributed by atoms with van der Waals surface area (Å²) in [4.78, 5) is 0. The summed E-state index contributed by atoms with van der Waals surface area (Å²) >= 11 is 0. The summed E-state index contributed by atoms with van der Waals surface area (Å²) in [5.74, 6) is 0.603. The molecule has 5 nitrogen and oxygen atoms in total. The zero-order valence-corrected chi connectivity index (χ0v) is 17.3. The van der Waals surface area contributed by atoms with E-state index in [1.807, 2.05) is 19.9 Å². The Morgan fingerprint density at radius 3 is 2.48 bits per heavy atom. The van der Waals surface area contributed by atoms with Crippen molar-refractivity contribution in [1.29, 1.82) is 5.26 Å². The second kappa shape index (κ2) is 7.55. The molecule has 0 spiro atoms. The van der Waals surface area contributed by atoms with Crippen LogP contribution in [0.3, 0.4) is 0 Å². The first kappa shape index (κ1) is 20.9. The van der Waals surface area contributed by atoms with Gasteiger partial charge in [0.1, 0.15) is 11.5 Å². The van der Waals surface area contributed by atoms with Crippen LogP contribution >= 0.6 is 0 Å². The predicted octanol–water partition coefficient (Wildman–Crippen LogP) is 3.85. The average molecular weight is 393 g/mol. The number of hydrogen-bond acceptors (Lipinski definition) is 5. The SMILES string of the molecule is C=C/C(=C\C)C1C[C@@H](O)C2(O)C(=C(/C)OC)/C(=C\C)OC12c1ccc(C#N)cc1. The molecule has 3 unspecified atom stereocenters. The summed E-state index contributed by atoms with van der Waals surface area (Å²) < 4.78 is 12.0. The fraction of sp³-hybridized carbons (Fsp3) is 0.375. The molecule has 2 aliphatic rings. The third kappa shape index (κ3) is 2.67. The zero-order valence-electron chi connectivity index (χ0n) is 17.3. The lowest BCUT2D eigenvalue weighted by molar-refractivity contribution is -0.135. The number of aliphatic hydroxyl groups excluding tert-OH is 1. The molecule has 0 aromatic heterocycles. The van der Waals surface area contributed by atoms with E-state index < -0.39 is 17.3 Å². The lowest BCUT2D eigenvalue weighted by Crippen LogP contribution is -2.53. The van der Waals surface area contributed by atoms with E-state index in [-0.39, 0.29) is 5.92 Å². The van der Waals surface area contributed by atoms with Crippen molar-refractivity contribution in [2.45, 2.75) is 44.5 Å². The van der Waals surface area contributed by atoms with Crippen LogP contribution in [0.1, 0.15) is 38.3 Å². The van der Waals surface area contributed by atoms with Gasteiger partial charge >= 0.3 is 0 Å². The molecule has 4 atom stereocenters. The minimum atomic E-state index is -1.73. The topological polar surface area (TPSA) is 82.7 Å². The maximum atomic E-state index is 12.1. The average Bonchev–Trinajstić information content (AvgIpc) is 3.14. The highest BCUT2D eigenvalue weighted by Crippen LogP contribution is 2.65. The molecule has 1 aromatic rings. The Kier molecular flexibility index (Phi) is 5.44. The number of aliphatic hydroxyl groups is 2. The lowest BCUT2D eigenvalue weighted by atomic mass is 9.70. The van der Waals surface area contributed by atoms with Gasteiger partial charge < -0.3 is 19.7 Å². The van der Waals surface area contributed by atoms with Crippen molar-refractivity contribution in [1.82, 2.24) is 0 Å². The van der Waals surface area contributed by atoms with Crippen molar-refractivity contribution < 1.29 is 19.7 Å². The van der Waals surface area contributed by atoms with E-state index >= 15 is 0 Å². The molecule has 5 heteroatoms. The van der Waals surface area contributed by atoms with E-state index in [9.17, 15) is 15.5 Å². The van der Waals surface area contributed by atoms with Crippen LogP contribution < -0.4 is 0 Å². The second-order valence-corrected chi connectivity index (χ2v) is 7.38. The smallest absolute Gasteiger partial charge is 0.176 e. The van der Waals surface area contributed by atoms with Gasteiger partial charge in [-0.15, -0.1) is 0 Å². The van der Waals surface area contributed by atoms with E-state index in [0.29, 0.717) is 34.6 Å². The molecule has 2 N–H and O–H groups in total. The van der Waals surface area contributed by atoms with Crippen LogP contribution in [0, 0.1) is 17.2 Å². The molecule has 0 radical (unpaired) electrons. The van der Waals surface area contributed by atoms with Crippen molar-refractivity contribution in [3.05, 3.63) is 82.9 Å². The van der Waals surface area contributed by atoms with Gasteiger partial charge in [0.05, 0.1) is 30.4 Å². The quantitative estimate of drug-likeness (QED) is 0.600. The number of nitriles is 1. The Morgan fingerprint density at radius 2 is 2.00 bits per heavy atom. The number of nitrogens with zero attached hydrogens (tertiary/aromatic N) is 1. The van der Waals surface area contributed by atoms with E-state index in [2.05, 4.69) is 12.6 Å². The summed E-state index contributed by atoms with van der Waals surface area (Å²) in [6.45, 7) is 9.39. The van der Waals surface area contributed by atoms with Crippen molar-refractivity contribution in [3.63, 3.8) is 0 Å². The molecule has 1 saturated heterocycles. The number of benzene rings is 1. The highest BCUT2D eigenvalue weighted by molar-refractivity contribution is 5.55. The second-order valence-electron chi connectivity index (χ2n) is 7.38. The van der Waals surface area contributed by atoms with Crippen molar-refractivity contribution in [3.8, 4) is 6.07 Å². The number of hydrogen-bond donors (Lipinski definition) is 2. The minimum Gasteiger partial charge on any atom is -0.501 e. The highest BCUT2D eigenvalue weighted by Gasteiger charge is 2.74. The number of methoxy groups -OCH3 is 1. The highest BCUT2D eigenvalue weighted by atomic mass is 16.5. The molecular formula is C24H27NO4. The molecule has 2 fully saturated rings. The molecule has 29 heavy (non-hydrogen) atoms. The van der Waals surface area contributed by atoms with Gasteiger partial charge in [-0.1, -0.05) is 30.9 Å². The van der Waals surface area contributed by atoms with Crippen LogP contribution in [0.15, 0.2) is 71.7 Å². The van der Waals surface area contributed by atoms with Gasteiger partial charge in [0.2, 0.25) is 0 Å². The van der Waals surface area contributed by atoms with E-state index in [1.54, 1.807) is 43.3 Å². The van der Waals surface area contributed by atoms with Crippen molar-refractivity contribution >= 4 is 0 Å². The Labute approximate surface area is 171 Å². The van der Waals surface area contributed by atoms with Crippen LogP contribution in [0.2, 0.25) is 0 Å². The Bertz CT molecular complexity index is 950. The number of fused-ring (bicyclic) bond motifs is 1. The third-order valence-electron chi connectivity index (χ3n) is 6.23. The van der Waals surface area contributed by atoms with Gasteiger partial charge in [-0.05, 0) is 56.5 Å². The number of rotatable bonds is 4. The standard InChI is InChI=1S/C24H27NO4/c1-6-17(7-2)19-13-21(26)23(27)22(15(4)28-5)20(8-3)29-24(19,23)18-11-9-16(14-25)10-12-18/h6-12,19,21,26-27H,1,13H2,2-5H3/b17-7+,20-8+,22-15-/t19?,21-,23?,24?/m1/s1. The molecular weight excluding hydrogens is 366 g/mol. The van der Waals surface area contributed by atoms with Gasteiger partial charge in [-0.25, -0.2) is 0 Å². The van der Waals surface area contributed by atoms with Crippen molar-refractivity contribution in [2.75, 3.05) is 7.11 Å². The summed E-state index contributed by atoms with van der Waals surface area (Å²) in [5, 5.41) is 32.5. The van der Waals surface area contributed by atoms with Gasteiger partial charge in [-0.3, -0.25) is 0 Å². The summed E-state index contributed by atoms with van der Waals surface area (Å²) in [6, 6.07) is 9.06. The number of ether oxygens (including phenoxy) is 2. The van der Waals surface area contributed by atoms with Crippen LogP contribution in [-0.4, -0.2) is 29.0 Å². The minimum absolute atomic E-state index is 0.291. The molecule has 1 aliphatic carbocycles. The zero-order chi connectivity index (χ0) is 21.4. The monoisotopic (exact) mass is 393 g/mol. The third-order valence-corrected chi connectivity index (χ3v) is 6.23. The predicted molar refractivity (Wildman–Crippen MR) is 110 cm³/mol. The summed E-state index contributed by atoms with van der Waals surface area (Å²) in [7, 11) is 1.53. The molecule has 152 valence electrons.